The lowest BCUT2D eigenvalue weighted by atomic mass is 10.3. The molecule has 1 aromatic heterocycles. The normalized spacial score (nSPS) is 11.5. The van der Waals surface area contributed by atoms with Crippen LogP contribution in [-0.4, -0.2) is 22.9 Å². The average molecular weight is 221 g/mol. The Morgan fingerprint density at radius 3 is 2.73 bits per heavy atom. The van der Waals surface area contributed by atoms with Crippen molar-refractivity contribution in [3.8, 4) is 5.75 Å². The van der Waals surface area contributed by atoms with Gasteiger partial charge in [-0.3, -0.25) is 4.98 Å². The third-order valence-electron chi connectivity index (χ3n) is 1.67. The van der Waals surface area contributed by atoms with E-state index in [1.165, 1.54) is 18.5 Å². The third-order valence-corrected chi connectivity index (χ3v) is 1.67. The first-order valence-electron chi connectivity index (χ1n) is 4.26. The maximum absolute atomic E-state index is 11.8. The van der Waals surface area contributed by atoms with Gasteiger partial charge in [0, 0.05) is 18.0 Å². The monoisotopic (exact) mass is 221 g/mol. The second kappa shape index (κ2) is 4.97. The standard InChI is InChI=1S/C9H10F3NO2/c10-9(11,12)2-4-15-8-1-3-13-5-7(8)6-14/h1,3,5,14H,2,4,6H2. The Labute approximate surface area is 84.5 Å². The average Bonchev–Trinajstić information content (AvgIpc) is 2.16. The van der Waals surface area contributed by atoms with Gasteiger partial charge >= 0.3 is 6.18 Å². The highest BCUT2D eigenvalue weighted by atomic mass is 19.4. The highest BCUT2D eigenvalue weighted by Crippen LogP contribution is 2.21. The zero-order chi connectivity index (χ0) is 11.3. The summed E-state index contributed by atoms with van der Waals surface area (Å²) in [7, 11) is 0. The van der Waals surface area contributed by atoms with E-state index < -0.39 is 19.2 Å². The van der Waals surface area contributed by atoms with Gasteiger partial charge < -0.3 is 9.84 Å². The summed E-state index contributed by atoms with van der Waals surface area (Å²) in [6, 6.07) is 1.42. The number of alkyl halides is 3. The number of hydrogen-bond donors (Lipinski definition) is 1. The van der Waals surface area contributed by atoms with Gasteiger partial charge in [0.2, 0.25) is 0 Å². The molecule has 6 heteroatoms. The van der Waals surface area contributed by atoms with Crippen molar-refractivity contribution in [2.75, 3.05) is 6.61 Å². The number of pyridine rings is 1. The van der Waals surface area contributed by atoms with Crippen molar-refractivity contribution in [1.82, 2.24) is 4.98 Å². The largest absolute Gasteiger partial charge is 0.493 e. The maximum atomic E-state index is 11.8. The van der Waals surface area contributed by atoms with Crippen molar-refractivity contribution in [1.29, 1.82) is 0 Å². The number of aliphatic hydroxyl groups is 1. The molecule has 0 fully saturated rings. The lowest BCUT2D eigenvalue weighted by molar-refractivity contribution is -0.139. The maximum Gasteiger partial charge on any atom is 0.392 e. The Hall–Kier alpha value is -1.30. The molecule has 0 aliphatic heterocycles. The van der Waals surface area contributed by atoms with Crippen LogP contribution in [0.2, 0.25) is 0 Å². The number of nitrogens with zero attached hydrogens (tertiary/aromatic N) is 1. The Kier molecular flexibility index (Phi) is 3.90. The van der Waals surface area contributed by atoms with Crippen molar-refractivity contribution in [2.45, 2.75) is 19.2 Å². The quantitative estimate of drug-likeness (QED) is 0.844. The summed E-state index contributed by atoms with van der Waals surface area (Å²) in [6.45, 7) is -0.768. The van der Waals surface area contributed by atoms with E-state index in [9.17, 15) is 13.2 Å². The van der Waals surface area contributed by atoms with E-state index in [2.05, 4.69) is 4.98 Å². The highest BCUT2D eigenvalue weighted by molar-refractivity contribution is 5.29. The van der Waals surface area contributed by atoms with E-state index in [1.54, 1.807) is 0 Å². The van der Waals surface area contributed by atoms with Crippen LogP contribution in [0, 0.1) is 0 Å². The Morgan fingerprint density at radius 1 is 1.40 bits per heavy atom. The van der Waals surface area contributed by atoms with Gasteiger partial charge in [-0.15, -0.1) is 0 Å². The van der Waals surface area contributed by atoms with E-state index in [4.69, 9.17) is 9.84 Å². The molecule has 0 amide bonds. The Bertz CT molecular complexity index is 314. The summed E-state index contributed by atoms with van der Waals surface area (Å²) in [4.78, 5) is 3.71. The van der Waals surface area contributed by atoms with Crippen LogP contribution in [0.1, 0.15) is 12.0 Å². The molecule has 0 atom stereocenters. The van der Waals surface area contributed by atoms with Crippen molar-refractivity contribution in [2.24, 2.45) is 0 Å². The summed E-state index contributed by atoms with van der Waals surface area (Å²) >= 11 is 0. The molecule has 1 rings (SSSR count). The summed E-state index contributed by atoms with van der Waals surface area (Å²) in [5.41, 5.74) is 0.375. The number of hydrogen-bond acceptors (Lipinski definition) is 3. The minimum Gasteiger partial charge on any atom is -0.493 e. The van der Waals surface area contributed by atoms with E-state index in [0.717, 1.165) is 0 Å². The first kappa shape index (κ1) is 11.8. The number of aliphatic hydroxyl groups excluding tert-OH is 1. The van der Waals surface area contributed by atoms with Crippen molar-refractivity contribution >= 4 is 0 Å². The molecule has 84 valence electrons. The van der Waals surface area contributed by atoms with Crippen LogP contribution in [0.5, 0.6) is 5.75 Å². The number of rotatable bonds is 4. The number of aromatic nitrogens is 1. The molecule has 0 saturated carbocycles. The molecule has 0 saturated heterocycles. The highest BCUT2D eigenvalue weighted by Gasteiger charge is 2.26. The van der Waals surface area contributed by atoms with Crippen LogP contribution >= 0.6 is 0 Å². The predicted molar refractivity (Wildman–Crippen MR) is 46.3 cm³/mol. The Balaban J connectivity index is 2.50. The fraction of sp³-hybridized carbons (Fsp3) is 0.444. The van der Waals surface area contributed by atoms with Crippen LogP contribution in [0.15, 0.2) is 18.5 Å². The van der Waals surface area contributed by atoms with Crippen LogP contribution < -0.4 is 4.74 Å². The summed E-state index contributed by atoms with van der Waals surface area (Å²) in [6.07, 6.45) is -2.50. The van der Waals surface area contributed by atoms with E-state index in [-0.39, 0.29) is 12.4 Å². The molecule has 0 unspecified atom stereocenters. The molecule has 0 aliphatic carbocycles. The van der Waals surface area contributed by atoms with Gasteiger partial charge in [-0.05, 0) is 6.07 Å². The van der Waals surface area contributed by atoms with Gasteiger partial charge in [-0.25, -0.2) is 0 Å². The van der Waals surface area contributed by atoms with Crippen LogP contribution in [-0.2, 0) is 6.61 Å². The minimum atomic E-state index is -4.23. The first-order valence-corrected chi connectivity index (χ1v) is 4.26. The smallest absolute Gasteiger partial charge is 0.392 e. The predicted octanol–water partition coefficient (Wildman–Crippen LogP) is 1.91. The van der Waals surface area contributed by atoms with Gasteiger partial charge in [-0.1, -0.05) is 0 Å². The zero-order valence-electron chi connectivity index (χ0n) is 7.79. The summed E-state index contributed by atoms with van der Waals surface area (Å²) in [5, 5.41) is 8.84. The minimum absolute atomic E-state index is 0.233. The molecule has 0 bridgehead atoms. The van der Waals surface area contributed by atoms with E-state index >= 15 is 0 Å². The Morgan fingerprint density at radius 2 is 2.13 bits per heavy atom. The van der Waals surface area contributed by atoms with E-state index in [1.807, 2.05) is 0 Å². The third kappa shape index (κ3) is 4.16. The van der Waals surface area contributed by atoms with Crippen LogP contribution in [0.4, 0.5) is 13.2 Å². The van der Waals surface area contributed by atoms with Gasteiger partial charge in [0.15, 0.2) is 0 Å². The van der Waals surface area contributed by atoms with E-state index in [0.29, 0.717) is 5.56 Å². The molecule has 0 radical (unpaired) electrons. The molecular weight excluding hydrogens is 211 g/mol. The zero-order valence-corrected chi connectivity index (χ0v) is 7.79. The molecule has 1 N–H and O–H groups in total. The fourth-order valence-corrected chi connectivity index (χ4v) is 0.951. The van der Waals surface area contributed by atoms with Crippen molar-refractivity contribution in [3.05, 3.63) is 24.0 Å². The molecule has 15 heavy (non-hydrogen) atoms. The van der Waals surface area contributed by atoms with Gasteiger partial charge in [0.25, 0.3) is 0 Å². The second-order valence-electron chi connectivity index (χ2n) is 2.86. The van der Waals surface area contributed by atoms with Crippen molar-refractivity contribution in [3.63, 3.8) is 0 Å². The molecule has 1 heterocycles. The molecular formula is C9H10F3NO2. The molecule has 0 spiro atoms. The van der Waals surface area contributed by atoms with Crippen molar-refractivity contribution < 1.29 is 23.0 Å². The number of ether oxygens (including phenoxy) is 1. The van der Waals surface area contributed by atoms with Gasteiger partial charge in [0.05, 0.1) is 19.6 Å². The van der Waals surface area contributed by atoms with Crippen LogP contribution in [0.3, 0.4) is 0 Å². The first-order chi connectivity index (χ1) is 7.03. The number of halogens is 3. The second-order valence-corrected chi connectivity index (χ2v) is 2.86. The lowest BCUT2D eigenvalue weighted by Crippen LogP contribution is -2.13. The molecule has 0 aromatic carbocycles. The molecule has 1 aromatic rings. The topological polar surface area (TPSA) is 42.4 Å². The van der Waals surface area contributed by atoms with Gasteiger partial charge in [-0.2, -0.15) is 13.2 Å². The summed E-state index contributed by atoms with van der Waals surface area (Å²) in [5.74, 6) is 0.233. The molecule has 3 nitrogen and oxygen atoms in total. The lowest BCUT2D eigenvalue weighted by Gasteiger charge is -2.10. The SMILES string of the molecule is OCc1cnccc1OCCC(F)(F)F. The fourth-order valence-electron chi connectivity index (χ4n) is 0.951. The molecule has 0 aliphatic rings. The summed E-state index contributed by atoms with van der Waals surface area (Å²) < 4.78 is 40.3. The van der Waals surface area contributed by atoms with Crippen LogP contribution in [0.25, 0.3) is 0 Å². The van der Waals surface area contributed by atoms with Gasteiger partial charge in [0.1, 0.15) is 5.75 Å².